The number of H-pyrrole nitrogens is 1. The third-order valence-corrected chi connectivity index (χ3v) is 3.61. The number of benzene rings is 1. The van der Waals surface area contributed by atoms with Gasteiger partial charge in [-0.15, -0.1) is 10.2 Å². The van der Waals surface area contributed by atoms with Gasteiger partial charge in [-0.05, 0) is 49.7 Å². The van der Waals surface area contributed by atoms with Crippen LogP contribution in [0.3, 0.4) is 0 Å². The lowest BCUT2D eigenvalue weighted by atomic mass is 10.2. The summed E-state index contributed by atoms with van der Waals surface area (Å²) in [7, 11) is 1.58. The number of amides is 1. The Hall–Kier alpha value is -3.82. The zero-order chi connectivity index (χ0) is 19.4. The van der Waals surface area contributed by atoms with Crippen molar-refractivity contribution in [1.82, 2.24) is 30.4 Å². The summed E-state index contributed by atoms with van der Waals surface area (Å²) >= 11 is 0. The molecule has 0 aliphatic carbocycles. The summed E-state index contributed by atoms with van der Waals surface area (Å²) in [5, 5.41) is 15.7. The molecule has 10 nitrogen and oxygen atoms in total. The number of nitrogens with zero attached hydrogens (tertiary/aromatic N) is 5. The number of carbonyl (C=O) groups is 1. The molecule has 0 unspecified atom stereocenters. The molecule has 0 radical (unpaired) electrons. The van der Waals surface area contributed by atoms with Crippen LogP contribution in [0.15, 0.2) is 40.2 Å². The molecule has 0 spiro atoms. The molecule has 1 aromatic carbocycles. The predicted octanol–water partition coefficient (Wildman–Crippen LogP) is 0.740. The van der Waals surface area contributed by atoms with E-state index in [1.807, 2.05) is 0 Å². The van der Waals surface area contributed by atoms with Gasteiger partial charge in [0.15, 0.2) is 0 Å². The molecule has 0 bridgehead atoms. The zero-order valence-electron chi connectivity index (χ0n) is 14.9. The van der Waals surface area contributed by atoms with Crippen molar-refractivity contribution in [3.05, 3.63) is 63.3 Å². The van der Waals surface area contributed by atoms with Crippen LogP contribution in [0.2, 0.25) is 0 Å². The van der Waals surface area contributed by atoms with Crippen molar-refractivity contribution in [2.24, 2.45) is 5.10 Å². The Bertz CT molecular complexity index is 1050. The fourth-order valence-electron chi connectivity index (χ4n) is 2.22. The first kappa shape index (κ1) is 18.0. The molecule has 10 heteroatoms. The monoisotopic (exact) mass is 367 g/mol. The zero-order valence-corrected chi connectivity index (χ0v) is 14.9. The van der Waals surface area contributed by atoms with Gasteiger partial charge in [0.05, 0.1) is 19.0 Å². The SMILES string of the molecule is COc1ccc(/C=N\NC(=O)c2cc(C)nn2-c2nnc(C)c(=O)[nH]2)cc1. The van der Waals surface area contributed by atoms with E-state index in [1.165, 1.54) is 17.8 Å². The second-order valence-corrected chi connectivity index (χ2v) is 5.62. The number of carbonyl (C=O) groups excluding carboxylic acids is 1. The Kier molecular flexibility index (Phi) is 5.06. The van der Waals surface area contributed by atoms with Crippen LogP contribution in [-0.2, 0) is 0 Å². The maximum Gasteiger partial charge on any atom is 0.290 e. The number of nitrogens with one attached hydrogen (secondary N) is 2. The smallest absolute Gasteiger partial charge is 0.290 e. The maximum absolute atomic E-state index is 12.4. The van der Waals surface area contributed by atoms with E-state index in [1.54, 1.807) is 44.4 Å². The van der Waals surface area contributed by atoms with Gasteiger partial charge in [-0.2, -0.15) is 14.9 Å². The molecule has 138 valence electrons. The molecule has 3 rings (SSSR count). The summed E-state index contributed by atoms with van der Waals surface area (Å²) in [6.07, 6.45) is 1.50. The molecule has 0 aliphatic rings. The minimum atomic E-state index is -0.511. The lowest BCUT2D eigenvalue weighted by Crippen LogP contribution is -2.24. The van der Waals surface area contributed by atoms with Gasteiger partial charge in [0.1, 0.15) is 17.1 Å². The van der Waals surface area contributed by atoms with Crippen LogP contribution >= 0.6 is 0 Å². The van der Waals surface area contributed by atoms with Gasteiger partial charge in [0, 0.05) is 0 Å². The molecule has 0 atom stereocenters. The second kappa shape index (κ2) is 7.60. The Balaban J connectivity index is 1.79. The van der Waals surface area contributed by atoms with Crippen molar-refractivity contribution >= 4 is 12.1 Å². The highest BCUT2D eigenvalue weighted by Crippen LogP contribution is 2.10. The van der Waals surface area contributed by atoms with E-state index in [9.17, 15) is 9.59 Å². The van der Waals surface area contributed by atoms with Crippen molar-refractivity contribution in [3.8, 4) is 11.7 Å². The number of methoxy groups -OCH3 is 1. The maximum atomic E-state index is 12.4. The highest BCUT2D eigenvalue weighted by Gasteiger charge is 2.17. The number of aromatic amines is 1. The van der Waals surface area contributed by atoms with Crippen molar-refractivity contribution in [1.29, 1.82) is 0 Å². The van der Waals surface area contributed by atoms with Crippen LogP contribution < -0.4 is 15.7 Å². The van der Waals surface area contributed by atoms with Crippen LogP contribution in [0.1, 0.15) is 27.4 Å². The Morgan fingerprint density at radius 3 is 2.67 bits per heavy atom. The molecule has 2 aromatic heterocycles. The molecular weight excluding hydrogens is 350 g/mol. The van der Waals surface area contributed by atoms with Crippen LogP contribution in [-0.4, -0.2) is 44.2 Å². The molecule has 0 aliphatic heterocycles. The van der Waals surface area contributed by atoms with E-state index in [-0.39, 0.29) is 17.3 Å². The first-order chi connectivity index (χ1) is 13.0. The summed E-state index contributed by atoms with van der Waals surface area (Å²) in [6, 6.07) is 8.73. The number of hydrogen-bond donors (Lipinski definition) is 2. The normalized spacial score (nSPS) is 10.9. The number of hydrazone groups is 1. The summed E-state index contributed by atoms with van der Waals surface area (Å²) in [5.74, 6) is 0.260. The number of aryl methyl sites for hydroxylation is 2. The van der Waals surface area contributed by atoms with Gasteiger partial charge in [0.25, 0.3) is 17.4 Å². The van der Waals surface area contributed by atoms with E-state index in [4.69, 9.17) is 4.74 Å². The van der Waals surface area contributed by atoms with E-state index in [2.05, 4.69) is 30.8 Å². The van der Waals surface area contributed by atoms with Crippen LogP contribution in [0.5, 0.6) is 5.75 Å². The average molecular weight is 367 g/mol. The van der Waals surface area contributed by atoms with Gasteiger partial charge in [-0.3, -0.25) is 14.6 Å². The van der Waals surface area contributed by atoms with E-state index < -0.39 is 11.5 Å². The molecule has 3 aromatic rings. The molecule has 27 heavy (non-hydrogen) atoms. The highest BCUT2D eigenvalue weighted by atomic mass is 16.5. The largest absolute Gasteiger partial charge is 0.497 e. The number of ether oxygens (including phenoxy) is 1. The molecule has 1 amide bonds. The van der Waals surface area contributed by atoms with Crippen LogP contribution in [0.4, 0.5) is 0 Å². The fourth-order valence-corrected chi connectivity index (χ4v) is 2.22. The van der Waals surface area contributed by atoms with Crippen LogP contribution in [0, 0.1) is 13.8 Å². The van der Waals surface area contributed by atoms with Gasteiger partial charge < -0.3 is 4.74 Å². The summed E-state index contributed by atoms with van der Waals surface area (Å²) < 4.78 is 6.29. The topological polar surface area (TPSA) is 127 Å². The van der Waals surface area contributed by atoms with Gasteiger partial charge in [-0.1, -0.05) is 0 Å². The predicted molar refractivity (Wildman–Crippen MR) is 97.3 cm³/mol. The number of rotatable bonds is 5. The lowest BCUT2D eigenvalue weighted by Gasteiger charge is -2.04. The molecule has 0 saturated carbocycles. The summed E-state index contributed by atoms with van der Waals surface area (Å²) in [4.78, 5) is 26.7. The molecule has 0 saturated heterocycles. The summed E-state index contributed by atoms with van der Waals surface area (Å²) in [5.41, 5.74) is 3.76. The third kappa shape index (κ3) is 4.06. The Morgan fingerprint density at radius 1 is 1.26 bits per heavy atom. The van der Waals surface area contributed by atoms with Crippen molar-refractivity contribution < 1.29 is 9.53 Å². The standard InChI is InChI=1S/C17H17N7O3/c1-10-8-14(24(23-10)17-19-15(25)11(2)20-22-17)16(26)21-18-9-12-4-6-13(27-3)7-5-12/h4-9H,1-3H3,(H,21,26)(H,19,22,25)/b18-9-. The number of hydrogen-bond acceptors (Lipinski definition) is 7. The van der Waals surface area contributed by atoms with Gasteiger partial charge in [-0.25, -0.2) is 5.43 Å². The minimum Gasteiger partial charge on any atom is -0.497 e. The van der Waals surface area contributed by atoms with Crippen molar-refractivity contribution in [2.75, 3.05) is 7.11 Å². The van der Waals surface area contributed by atoms with Crippen LogP contribution in [0.25, 0.3) is 5.95 Å². The van der Waals surface area contributed by atoms with Gasteiger partial charge in [0.2, 0.25) is 0 Å². The molecular formula is C17H17N7O3. The third-order valence-electron chi connectivity index (χ3n) is 3.61. The molecule has 0 fully saturated rings. The van der Waals surface area contributed by atoms with E-state index in [0.29, 0.717) is 5.69 Å². The fraction of sp³-hybridized carbons (Fsp3) is 0.176. The van der Waals surface area contributed by atoms with E-state index in [0.717, 1.165) is 11.3 Å². The highest BCUT2D eigenvalue weighted by molar-refractivity contribution is 5.93. The second-order valence-electron chi connectivity index (χ2n) is 5.62. The lowest BCUT2D eigenvalue weighted by molar-refractivity contribution is 0.0947. The Morgan fingerprint density at radius 2 is 2.00 bits per heavy atom. The first-order valence-corrected chi connectivity index (χ1v) is 7.96. The van der Waals surface area contributed by atoms with Gasteiger partial charge >= 0.3 is 0 Å². The number of aromatic nitrogens is 5. The quantitative estimate of drug-likeness (QED) is 0.506. The molecule has 2 heterocycles. The van der Waals surface area contributed by atoms with Crippen molar-refractivity contribution in [3.63, 3.8) is 0 Å². The Labute approximate surface area is 153 Å². The summed E-state index contributed by atoms with van der Waals surface area (Å²) in [6.45, 7) is 3.25. The first-order valence-electron chi connectivity index (χ1n) is 7.96. The average Bonchev–Trinajstić information content (AvgIpc) is 3.06. The van der Waals surface area contributed by atoms with Crippen molar-refractivity contribution in [2.45, 2.75) is 13.8 Å². The molecule has 2 N–H and O–H groups in total. The minimum absolute atomic E-state index is 0.0444. The van der Waals surface area contributed by atoms with E-state index >= 15 is 0 Å².